The molecule has 0 aliphatic carbocycles. The summed E-state index contributed by atoms with van der Waals surface area (Å²) in [7, 11) is 0. The number of thioether (sulfide) groups is 1. The van der Waals surface area contributed by atoms with Crippen LogP contribution < -0.4 is 0 Å². The first-order valence-electron chi connectivity index (χ1n) is 7.31. The molecular weight excluding hydrogens is 328 g/mol. The summed E-state index contributed by atoms with van der Waals surface area (Å²) in [6.07, 6.45) is 0.824. The van der Waals surface area contributed by atoms with Crippen LogP contribution in [0, 0.1) is 6.92 Å². The number of aryl methyl sites for hydroxylation is 1. The zero-order valence-corrected chi connectivity index (χ0v) is 14.3. The molecule has 0 aliphatic rings. The number of carboxylic acid groups (broad SMARTS) is 1. The smallest absolute Gasteiger partial charge is 0.303 e. The maximum Gasteiger partial charge on any atom is 0.303 e. The van der Waals surface area contributed by atoms with Gasteiger partial charge in [0.05, 0.1) is 5.39 Å². The standard InChI is InChI=1S/C17H16N2O2S2/c1-11-18-16(22-9-5-8-14(20)21)15-13(10-23-17(15)19-11)12-6-3-2-4-7-12/h2-4,6-7,10H,5,8-9H2,1H3,(H,20,21). The average molecular weight is 344 g/mol. The van der Waals surface area contributed by atoms with Crippen molar-refractivity contribution in [2.75, 3.05) is 5.75 Å². The van der Waals surface area contributed by atoms with Gasteiger partial charge in [0.1, 0.15) is 15.7 Å². The van der Waals surface area contributed by atoms with E-state index in [0.717, 1.165) is 37.9 Å². The fraction of sp³-hybridized carbons (Fsp3) is 0.235. The van der Waals surface area contributed by atoms with Crippen molar-refractivity contribution in [3.63, 3.8) is 0 Å². The van der Waals surface area contributed by atoms with E-state index >= 15 is 0 Å². The van der Waals surface area contributed by atoms with Gasteiger partial charge in [-0.15, -0.1) is 23.1 Å². The molecule has 4 nitrogen and oxygen atoms in total. The van der Waals surface area contributed by atoms with Crippen LogP contribution in [0.3, 0.4) is 0 Å². The number of aliphatic carboxylic acids is 1. The maximum atomic E-state index is 10.6. The van der Waals surface area contributed by atoms with E-state index in [1.165, 1.54) is 0 Å². The van der Waals surface area contributed by atoms with E-state index in [9.17, 15) is 4.79 Å². The highest BCUT2D eigenvalue weighted by Crippen LogP contribution is 2.38. The lowest BCUT2D eigenvalue weighted by Gasteiger charge is -2.06. The molecular formula is C17H16N2O2S2. The summed E-state index contributed by atoms with van der Waals surface area (Å²) in [4.78, 5) is 20.8. The SMILES string of the molecule is Cc1nc(SCCCC(=O)O)c2c(-c3ccccc3)csc2n1. The van der Waals surface area contributed by atoms with Crippen molar-refractivity contribution in [1.82, 2.24) is 9.97 Å². The Balaban J connectivity index is 1.96. The van der Waals surface area contributed by atoms with Crippen LogP contribution in [0.4, 0.5) is 0 Å². The first-order valence-corrected chi connectivity index (χ1v) is 9.17. The quantitative estimate of drug-likeness (QED) is 0.401. The molecule has 3 aromatic rings. The molecule has 0 radical (unpaired) electrons. The lowest BCUT2D eigenvalue weighted by atomic mass is 10.1. The Bertz CT molecular complexity index is 831. The van der Waals surface area contributed by atoms with Crippen LogP contribution in [0.25, 0.3) is 21.3 Å². The Kier molecular flexibility index (Phi) is 4.93. The Hall–Kier alpha value is -1.92. The van der Waals surface area contributed by atoms with Crippen LogP contribution in [0.2, 0.25) is 0 Å². The molecule has 0 aliphatic heterocycles. The molecule has 0 atom stereocenters. The molecule has 1 N–H and O–H groups in total. The molecule has 3 rings (SSSR count). The van der Waals surface area contributed by atoms with Crippen molar-refractivity contribution >= 4 is 39.3 Å². The number of fused-ring (bicyclic) bond motifs is 1. The number of aromatic nitrogens is 2. The zero-order chi connectivity index (χ0) is 16.2. The Morgan fingerprint density at radius 3 is 2.78 bits per heavy atom. The van der Waals surface area contributed by atoms with Gasteiger partial charge in [0.25, 0.3) is 0 Å². The van der Waals surface area contributed by atoms with E-state index in [-0.39, 0.29) is 6.42 Å². The summed E-state index contributed by atoms with van der Waals surface area (Å²) in [5, 5.41) is 12.9. The van der Waals surface area contributed by atoms with Crippen molar-refractivity contribution in [3.8, 4) is 11.1 Å². The number of hydrogen-bond acceptors (Lipinski definition) is 5. The molecule has 1 aromatic carbocycles. The molecule has 0 amide bonds. The van der Waals surface area contributed by atoms with Gasteiger partial charge < -0.3 is 5.11 Å². The lowest BCUT2D eigenvalue weighted by molar-refractivity contribution is -0.137. The average Bonchev–Trinajstić information content (AvgIpc) is 2.95. The predicted molar refractivity (Wildman–Crippen MR) is 95.2 cm³/mol. The molecule has 0 saturated carbocycles. The Morgan fingerprint density at radius 1 is 1.26 bits per heavy atom. The van der Waals surface area contributed by atoms with Crippen molar-refractivity contribution in [2.24, 2.45) is 0 Å². The van der Waals surface area contributed by atoms with Crippen LogP contribution >= 0.6 is 23.1 Å². The molecule has 6 heteroatoms. The summed E-state index contributed by atoms with van der Waals surface area (Å²) >= 11 is 3.23. The second-order valence-corrected chi connectivity index (χ2v) is 7.06. The van der Waals surface area contributed by atoms with Gasteiger partial charge in [-0.2, -0.15) is 0 Å². The lowest BCUT2D eigenvalue weighted by Crippen LogP contribution is -1.96. The minimum Gasteiger partial charge on any atom is -0.481 e. The van der Waals surface area contributed by atoms with Crippen molar-refractivity contribution in [2.45, 2.75) is 24.8 Å². The maximum absolute atomic E-state index is 10.6. The second kappa shape index (κ2) is 7.10. The van der Waals surface area contributed by atoms with Crippen LogP contribution in [0.15, 0.2) is 40.7 Å². The van der Waals surface area contributed by atoms with Crippen LogP contribution in [-0.2, 0) is 4.79 Å². The number of carboxylic acids is 1. The molecule has 0 spiro atoms. The van der Waals surface area contributed by atoms with Gasteiger partial charge in [-0.1, -0.05) is 30.3 Å². The number of hydrogen-bond donors (Lipinski definition) is 1. The minimum atomic E-state index is -0.755. The number of nitrogens with zero attached hydrogens (tertiary/aromatic N) is 2. The summed E-state index contributed by atoms with van der Waals surface area (Å²) in [6, 6.07) is 10.2. The first kappa shape index (κ1) is 16.0. The monoisotopic (exact) mass is 344 g/mol. The molecule has 118 valence electrons. The highest BCUT2D eigenvalue weighted by molar-refractivity contribution is 7.99. The minimum absolute atomic E-state index is 0.190. The Morgan fingerprint density at radius 2 is 2.04 bits per heavy atom. The largest absolute Gasteiger partial charge is 0.481 e. The van der Waals surface area contributed by atoms with Crippen LogP contribution in [0.5, 0.6) is 0 Å². The fourth-order valence-electron chi connectivity index (χ4n) is 2.34. The van der Waals surface area contributed by atoms with Crippen molar-refractivity contribution in [1.29, 1.82) is 0 Å². The predicted octanol–water partition coefficient (Wildman–Crippen LogP) is 4.62. The molecule has 0 bridgehead atoms. The van der Waals surface area contributed by atoms with E-state index in [2.05, 4.69) is 27.5 Å². The van der Waals surface area contributed by atoms with Gasteiger partial charge in [0.2, 0.25) is 0 Å². The zero-order valence-electron chi connectivity index (χ0n) is 12.7. The first-order chi connectivity index (χ1) is 11.1. The number of benzene rings is 1. The summed E-state index contributed by atoms with van der Waals surface area (Å²) < 4.78 is 0. The summed E-state index contributed by atoms with van der Waals surface area (Å²) in [5.41, 5.74) is 2.30. The van der Waals surface area contributed by atoms with Crippen molar-refractivity contribution in [3.05, 3.63) is 41.5 Å². The molecule has 2 heterocycles. The van der Waals surface area contributed by atoms with E-state index in [1.54, 1.807) is 23.1 Å². The van der Waals surface area contributed by atoms with Gasteiger partial charge in [-0.05, 0) is 18.9 Å². The molecule has 0 fully saturated rings. The molecule has 0 unspecified atom stereocenters. The van der Waals surface area contributed by atoms with Gasteiger partial charge >= 0.3 is 5.97 Å². The van der Waals surface area contributed by atoms with Crippen LogP contribution in [0.1, 0.15) is 18.7 Å². The number of rotatable bonds is 6. The highest BCUT2D eigenvalue weighted by atomic mass is 32.2. The van der Waals surface area contributed by atoms with E-state index in [4.69, 9.17) is 5.11 Å². The van der Waals surface area contributed by atoms with Gasteiger partial charge in [0.15, 0.2) is 0 Å². The summed E-state index contributed by atoms with van der Waals surface area (Å²) in [6.45, 7) is 1.89. The Labute approximate surface area is 142 Å². The van der Waals surface area contributed by atoms with Gasteiger partial charge in [-0.3, -0.25) is 4.79 Å². The molecule has 2 aromatic heterocycles. The van der Waals surface area contributed by atoms with E-state index < -0.39 is 5.97 Å². The van der Waals surface area contributed by atoms with Crippen LogP contribution in [-0.4, -0.2) is 26.8 Å². The van der Waals surface area contributed by atoms with E-state index in [1.807, 2.05) is 25.1 Å². The fourth-order valence-corrected chi connectivity index (χ4v) is 4.43. The third-order valence-corrected chi connectivity index (χ3v) is 5.30. The highest BCUT2D eigenvalue weighted by Gasteiger charge is 2.14. The van der Waals surface area contributed by atoms with Gasteiger partial charge in [0, 0.05) is 23.1 Å². The molecule has 0 saturated heterocycles. The summed E-state index contributed by atoms with van der Waals surface area (Å²) in [5.74, 6) is 0.733. The molecule has 23 heavy (non-hydrogen) atoms. The van der Waals surface area contributed by atoms with E-state index in [0.29, 0.717) is 6.42 Å². The number of carbonyl (C=O) groups is 1. The third kappa shape index (κ3) is 3.71. The van der Waals surface area contributed by atoms with Crippen molar-refractivity contribution < 1.29 is 9.90 Å². The third-order valence-electron chi connectivity index (χ3n) is 3.37. The topological polar surface area (TPSA) is 63.1 Å². The van der Waals surface area contributed by atoms with Gasteiger partial charge in [-0.25, -0.2) is 9.97 Å². The number of thiophene rings is 1. The normalized spacial score (nSPS) is 11.0. The second-order valence-electron chi connectivity index (χ2n) is 5.12.